The quantitative estimate of drug-likeness (QED) is 0.0223. The molecule has 30 nitrogen and oxygen atoms in total. The van der Waals surface area contributed by atoms with E-state index in [0.29, 0.717) is 63.8 Å². The fraction of sp³-hybridized carbons (Fsp3) is 0.492. The minimum atomic E-state index is -1.00. The Morgan fingerprint density at radius 1 is 0.303 bits per heavy atom. The van der Waals surface area contributed by atoms with E-state index in [4.69, 9.17) is 37.9 Å². The summed E-state index contributed by atoms with van der Waals surface area (Å²) in [5, 5.41) is 15.2. The summed E-state index contributed by atoms with van der Waals surface area (Å²) in [5.74, 6) is -5.35. The molecule has 89 heavy (non-hydrogen) atoms. The zero-order valence-electron chi connectivity index (χ0n) is 53.2. The Hall–Kier alpha value is -9.58. The third-order valence-electron chi connectivity index (χ3n) is 8.56. The number of amides is 6. The minimum Gasteiger partial charge on any atom is -0.461 e. The van der Waals surface area contributed by atoms with Gasteiger partial charge in [0, 0.05) is 102 Å². The lowest BCUT2D eigenvalue weighted by Crippen LogP contribution is -2.53. The van der Waals surface area contributed by atoms with E-state index in [0.717, 1.165) is 30.4 Å². The Kier molecular flexibility index (Phi) is 58.5. The predicted molar refractivity (Wildman–Crippen MR) is 324 cm³/mol. The summed E-state index contributed by atoms with van der Waals surface area (Å²) in [6, 6.07) is 0. The lowest BCUT2D eigenvalue weighted by atomic mass is 10.1. The summed E-state index contributed by atoms with van der Waals surface area (Å²) in [6.07, 6.45) is 5.19. The molecule has 0 aliphatic rings. The van der Waals surface area contributed by atoms with Crippen LogP contribution in [0.15, 0.2) is 99.7 Å². The van der Waals surface area contributed by atoms with Crippen molar-refractivity contribution in [3.8, 4) is 0 Å². The van der Waals surface area contributed by atoms with Crippen LogP contribution < -0.4 is 31.9 Å². The molecule has 0 radical (unpaired) electrons. The highest BCUT2D eigenvalue weighted by Gasteiger charge is 2.30. The van der Waals surface area contributed by atoms with Crippen molar-refractivity contribution in [3.05, 3.63) is 99.7 Å². The van der Waals surface area contributed by atoms with E-state index in [1.807, 2.05) is 0 Å². The summed E-state index contributed by atoms with van der Waals surface area (Å²) < 4.78 is 48.3. The van der Waals surface area contributed by atoms with E-state index >= 15 is 0 Å². The fourth-order valence-corrected chi connectivity index (χ4v) is 4.60. The Morgan fingerprint density at radius 3 is 0.798 bits per heavy atom. The predicted octanol–water partition coefficient (Wildman–Crippen LogP) is 1.29. The first-order valence-electron chi connectivity index (χ1n) is 26.6. The van der Waals surface area contributed by atoms with Gasteiger partial charge in [-0.1, -0.05) is 52.6 Å². The van der Waals surface area contributed by atoms with E-state index in [1.165, 1.54) is 48.5 Å². The van der Waals surface area contributed by atoms with E-state index < -0.39 is 58.8 Å². The fourth-order valence-electron chi connectivity index (χ4n) is 4.60. The van der Waals surface area contributed by atoms with Crippen LogP contribution in [0, 0.1) is 0 Å². The third-order valence-corrected chi connectivity index (χ3v) is 8.56. The number of hydrogen-bond acceptors (Lipinski definition) is 24. The van der Waals surface area contributed by atoms with Crippen LogP contribution in [0.3, 0.4) is 0 Å². The molecule has 0 aromatic heterocycles. The Morgan fingerprint density at radius 2 is 0.528 bits per heavy atom. The molecule has 0 aromatic carbocycles. The molecule has 0 heterocycles. The Balaban J connectivity index is -0.000000235. The molecule has 0 fully saturated rings. The molecule has 0 rings (SSSR count). The van der Waals surface area contributed by atoms with Crippen molar-refractivity contribution >= 4 is 83.2 Å². The lowest BCUT2D eigenvalue weighted by Gasteiger charge is -2.29. The van der Waals surface area contributed by atoms with Crippen molar-refractivity contribution in [2.45, 2.75) is 87.2 Å². The maximum Gasteiger partial charge on any atom is 0.333 e. The molecule has 0 aromatic rings. The summed E-state index contributed by atoms with van der Waals surface area (Å²) in [6.45, 7) is 45.9. The number of ether oxygens (including phenoxy) is 10. The topological polar surface area (TPSA) is 403 Å². The van der Waals surface area contributed by atoms with Crippen molar-refractivity contribution in [3.63, 3.8) is 0 Å². The van der Waals surface area contributed by atoms with Crippen LogP contribution in [0.5, 0.6) is 0 Å². The van der Waals surface area contributed by atoms with Gasteiger partial charge in [0.2, 0.25) is 35.4 Å². The van der Waals surface area contributed by atoms with Gasteiger partial charge in [-0.2, -0.15) is 0 Å². The Bertz CT molecular complexity index is 2360. The first-order chi connectivity index (χ1) is 41.4. The molecule has 0 spiro atoms. The second-order valence-electron chi connectivity index (χ2n) is 18.0. The van der Waals surface area contributed by atoms with Crippen LogP contribution in [-0.4, -0.2) is 200 Å². The van der Waals surface area contributed by atoms with Crippen LogP contribution in [0.1, 0.15) is 76.2 Å². The number of carbonyl (C=O) groups is 14. The average Bonchev–Trinajstić information content (AvgIpc) is 2.75. The van der Waals surface area contributed by atoms with Crippen molar-refractivity contribution < 1.29 is 114 Å². The number of carbonyl (C=O) groups excluding carboxylic acids is 14. The van der Waals surface area contributed by atoms with Gasteiger partial charge in [0.1, 0.15) is 63.9 Å². The first-order valence-corrected chi connectivity index (χ1v) is 26.6. The maximum absolute atomic E-state index is 11.3. The average molecular weight is 1270 g/mol. The molecule has 0 saturated heterocycles. The van der Waals surface area contributed by atoms with Gasteiger partial charge in [-0.05, 0) is 34.6 Å². The zero-order chi connectivity index (χ0) is 70.0. The van der Waals surface area contributed by atoms with Crippen LogP contribution in [0.4, 0.5) is 0 Å². The van der Waals surface area contributed by atoms with Gasteiger partial charge >= 0.3 is 47.8 Å². The number of nitrogens with one attached hydrogen (secondary N) is 6. The molecule has 0 aliphatic carbocycles. The number of esters is 8. The molecular formula is C59H92N6O24. The molecule has 30 heteroatoms. The Labute approximate surface area is 520 Å². The van der Waals surface area contributed by atoms with Crippen molar-refractivity contribution in [1.82, 2.24) is 31.9 Å². The lowest BCUT2D eigenvalue weighted by molar-refractivity contribution is -0.147. The van der Waals surface area contributed by atoms with Crippen LogP contribution >= 0.6 is 0 Å². The molecule has 0 bridgehead atoms. The van der Waals surface area contributed by atoms with Crippen LogP contribution in [0.2, 0.25) is 0 Å². The van der Waals surface area contributed by atoms with Crippen molar-refractivity contribution in [1.29, 1.82) is 0 Å². The van der Waals surface area contributed by atoms with E-state index in [9.17, 15) is 67.1 Å². The van der Waals surface area contributed by atoms with E-state index in [-0.39, 0.29) is 93.9 Å². The third kappa shape index (κ3) is 70.8. The largest absolute Gasteiger partial charge is 0.461 e. The zero-order valence-corrected chi connectivity index (χ0v) is 53.2. The minimum absolute atomic E-state index is 0.0905. The van der Waals surface area contributed by atoms with Gasteiger partial charge in [0.15, 0.2) is 0 Å². The first kappa shape index (κ1) is 90.6. The molecule has 0 saturated carbocycles. The van der Waals surface area contributed by atoms with Gasteiger partial charge in [-0.15, -0.1) is 0 Å². The SMILES string of the molecule is C=C(C)C(=O)OCCNC(C)=O.C=C(C)C(=O)OCCOCCNC(C)=O.C=CC(=O)OCC(C)(COC(=O)C(=C)C)NC(C)=O.C=CC(=O)OCC(C)(COC(=O)C=C)NC(C)=O.C=CC(=O)OCCNC(C)=O.C=CC(=O)OCCOCCNC(C)=O. The highest BCUT2D eigenvalue weighted by atomic mass is 16.6. The molecule has 0 aliphatic heterocycles. The number of rotatable bonds is 36. The maximum atomic E-state index is 11.3. The molecule has 6 N–H and O–H groups in total. The van der Waals surface area contributed by atoms with Crippen LogP contribution in [-0.2, 0) is 114 Å². The molecular weight excluding hydrogens is 1180 g/mol. The highest BCUT2D eigenvalue weighted by molar-refractivity contribution is 5.88. The standard InChI is InChI=1S/C13H19NO5.C12H17NO5.C10H17NO4.C9H15NO4.C8H13NO3.C7H11NO3/c1-6-11(16)18-7-13(5,14-10(4)15)8-19-12(17)9(2)3;1-5-10(15)17-7-12(4,13-9(3)14)8-18-11(16)6-2;1-8(2)10(13)15-7-6-14-5-4-11-9(3)12;1-3-9(12)14-7-6-13-5-4-10-8(2)11;1-6(2)8(11)12-5-4-9-7(3)10;1-3-7(10)11-5-4-8-6(2)9/h6H,1-2,7-8H2,3-5H3,(H,14,15);5-6H,1-2,7-8H2,3-4H3,(H,13,14);1,4-7H2,2-3H3,(H,11,12);3H,1,4-7H2,2H3,(H,10,11);1,4-5H2,2-3H3,(H,9,10);3H,1,4-5H2,2H3,(H,8,9). The van der Waals surface area contributed by atoms with Crippen molar-refractivity contribution in [2.24, 2.45) is 0 Å². The summed E-state index contributed by atoms with van der Waals surface area (Å²) >= 11 is 0. The van der Waals surface area contributed by atoms with Gasteiger partial charge in [0.05, 0.1) is 39.5 Å². The normalized spacial score (nSPS) is 10.1. The number of hydrogen-bond donors (Lipinski definition) is 6. The molecule has 1 atom stereocenters. The van der Waals surface area contributed by atoms with Gasteiger partial charge in [0.25, 0.3) is 0 Å². The van der Waals surface area contributed by atoms with Crippen molar-refractivity contribution in [2.75, 3.05) is 105 Å². The monoisotopic (exact) mass is 1270 g/mol. The summed E-state index contributed by atoms with van der Waals surface area (Å²) in [7, 11) is 0. The molecule has 502 valence electrons. The highest BCUT2D eigenvalue weighted by Crippen LogP contribution is 2.09. The second kappa shape index (κ2) is 57.5. The van der Waals surface area contributed by atoms with E-state index in [2.05, 4.69) is 94.0 Å². The van der Waals surface area contributed by atoms with Crippen LogP contribution in [0.25, 0.3) is 0 Å². The molecule has 1 unspecified atom stereocenters. The summed E-state index contributed by atoms with van der Waals surface area (Å²) in [4.78, 5) is 151. The van der Waals surface area contributed by atoms with Gasteiger partial charge in [-0.25, -0.2) is 38.4 Å². The molecule has 6 amide bonds. The smallest absolute Gasteiger partial charge is 0.333 e. The summed E-state index contributed by atoms with van der Waals surface area (Å²) in [5.41, 5.74) is -1.03. The van der Waals surface area contributed by atoms with Gasteiger partial charge in [-0.3, -0.25) is 28.8 Å². The second-order valence-corrected chi connectivity index (χ2v) is 18.0. The van der Waals surface area contributed by atoms with E-state index in [1.54, 1.807) is 27.7 Å². The van der Waals surface area contributed by atoms with Gasteiger partial charge < -0.3 is 79.3 Å².